The van der Waals surface area contributed by atoms with Crippen molar-refractivity contribution in [2.24, 2.45) is 5.16 Å². The largest absolute Gasteiger partial charge is 0.463 e. The molecule has 0 aromatic rings. The molecule has 0 aromatic carbocycles. The SMILES string of the molecule is CC(=O)OC[C@H]1O[C@@H](O/C=N/O)[C@H](OC(C)=O)[C@@H](OC(C)=O)[C@@H]1OC(C)=O. The summed E-state index contributed by atoms with van der Waals surface area (Å²) in [5.74, 6) is -2.92. The first kappa shape index (κ1) is 22.2. The van der Waals surface area contributed by atoms with Crippen LogP contribution in [-0.2, 0) is 47.6 Å². The Kier molecular flexibility index (Phi) is 8.45. The highest BCUT2D eigenvalue weighted by Crippen LogP contribution is 2.29. The van der Waals surface area contributed by atoms with Crippen LogP contribution < -0.4 is 0 Å². The summed E-state index contributed by atoms with van der Waals surface area (Å²) >= 11 is 0. The lowest BCUT2D eigenvalue weighted by atomic mass is 9.98. The topological polar surface area (TPSA) is 156 Å². The van der Waals surface area contributed by atoms with Crippen LogP contribution in [0, 0.1) is 0 Å². The molecule has 1 saturated heterocycles. The van der Waals surface area contributed by atoms with Gasteiger partial charge in [-0.1, -0.05) is 5.16 Å². The van der Waals surface area contributed by atoms with Crippen LogP contribution in [-0.4, -0.2) is 72.8 Å². The van der Waals surface area contributed by atoms with E-state index < -0.39 is 54.6 Å². The number of oxime groups is 1. The van der Waals surface area contributed by atoms with Crippen LogP contribution in [0.15, 0.2) is 5.16 Å². The molecule has 1 rings (SSSR count). The standard InChI is InChI=1S/C15H21NO11/c1-7(17)22-5-11-12(24-8(2)18)13(25-9(3)19)14(26-10(4)20)15(27-11)23-6-16-21/h6,11-15,21H,5H2,1-4H3/b16-6+/t11-,12-,13+,14-,15-/m1/s1. The van der Waals surface area contributed by atoms with E-state index in [2.05, 4.69) is 5.16 Å². The molecule has 0 bridgehead atoms. The molecule has 0 radical (unpaired) electrons. The molecule has 0 saturated carbocycles. The van der Waals surface area contributed by atoms with Crippen LogP contribution in [0.3, 0.4) is 0 Å². The summed E-state index contributed by atoms with van der Waals surface area (Å²) in [4.78, 5) is 45.6. The van der Waals surface area contributed by atoms with Crippen molar-refractivity contribution in [1.29, 1.82) is 0 Å². The van der Waals surface area contributed by atoms with Crippen molar-refractivity contribution in [3.8, 4) is 0 Å². The van der Waals surface area contributed by atoms with Crippen LogP contribution in [0.2, 0.25) is 0 Å². The molecule has 1 N–H and O–H groups in total. The third kappa shape index (κ3) is 7.09. The molecule has 27 heavy (non-hydrogen) atoms. The van der Waals surface area contributed by atoms with Crippen molar-refractivity contribution < 1.29 is 52.8 Å². The minimum absolute atomic E-state index is 0.381. The van der Waals surface area contributed by atoms with Gasteiger partial charge in [0.15, 0.2) is 12.2 Å². The van der Waals surface area contributed by atoms with E-state index in [0.717, 1.165) is 27.7 Å². The van der Waals surface area contributed by atoms with E-state index in [0.29, 0.717) is 6.40 Å². The van der Waals surface area contributed by atoms with E-state index in [-0.39, 0.29) is 6.61 Å². The first-order valence-corrected chi connectivity index (χ1v) is 7.77. The van der Waals surface area contributed by atoms with Gasteiger partial charge in [0.1, 0.15) is 12.7 Å². The fourth-order valence-electron chi connectivity index (χ4n) is 2.39. The predicted octanol–water partition coefficient (Wildman–Crippen LogP) is -0.496. The van der Waals surface area contributed by atoms with Crippen molar-refractivity contribution in [2.75, 3.05) is 6.61 Å². The van der Waals surface area contributed by atoms with Crippen LogP contribution in [0.5, 0.6) is 0 Å². The van der Waals surface area contributed by atoms with E-state index in [4.69, 9.17) is 33.6 Å². The average molecular weight is 391 g/mol. The van der Waals surface area contributed by atoms with Crippen LogP contribution in [0.1, 0.15) is 27.7 Å². The molecule has 5 atom stereocenters. The summed E-state index contributed by atoms with van der Waals surface area (Å²) in [5, 5.41) is 11.2. The van der Waals surface area contributed by atoms with Gasteiger partial charge in [-0.15, -0.1) is 0 Å². The Labute approximate surface area is 154 Å². The second kappa shape index (κ2) is 10.3. The van der Waals surface area contributed by atoms with Gasteiger partial charge in [-0.25, -0.2) is 0 Å². The molecule has 1 aliphatic heterocycles. The third-order valence-electron chi connectivity index (χ3n) is 3.19. The van der Waals surface area contributed by atoms with Gasteiger partial charge in [0.25, 0.3) is 0 Å². The van der Waals surface area contributed by atoms with Crippen molar-refractivity contribution in [3.05, 3.63) is 0 Å². The maximum Gasteiger partial charge on any atom is 0.303 e. The van der Waals surface area contributed by atoms with Gasteiger partial charge >= 0.3 is 23.9 Å². The maximum absolute atomic E-state index is 11.5. The normalized spacial score (nSPS) is 27.5. The molecule has 0 spiro atoms. The highest BCUT2D eigenvalue weighted by Gasteiger charge is 2.53. The first-order valence-electron chi connectivity index (χ1n) is 7.77. The number of nitrogens with zero attached hydrogens (tertiary/aromatic N) is 1. The lowest BCUT2D eigenvalue weighted by Crippen LogP contribution is -2.62. The lowest BCUT2D eigenvalue weighted by Gasteiger charge is -2.43. The Bertz CT molecular complexity index is 590. The number of carbonyl (C=O) groups is 4. The molecule has 1 aliphatic rings. The zero-order valence-corrected chi connectivity index (χ0v) is 15.1. The summed E-state index contributed by atoms with van der Waals surface area (Å²) in [7, 11) is 0. The quantitative estimate of drug-likeness (QED) is 0.149. The Balaban J connectivity index is 3.26. The lowest BCUT2D eigenvalue weighted by molar-refractivity contribution is -0.290. The molecule has 0 aromatic heterocycles. The third-order valence-corrected chi connectivity index (χ3v) is 3.19. The fourth-order valence-corrected chi connectivity index (χ4v) is 2.39. The average Bonchev–Trinajstić information content (AvgIpc) is 2.54. The molecule has 12 heteroatoms. The fraction of sp³-hybridized carbons (Fsp3) is 0.667. The minimum atomic E-state index is -1.42. The molecule has 1 fully saturated rings. The smallest absolute Gasteiger partial charge is 0.303 e. The van der Waals surface area contributed by atoms with E-state index >= 15 is 0 Å². The monoisotopic (exact) mass is 391 g/mol. The van der Waals surface area contributed by atoms with E-state index in [9.17, 15) is 19.2 Å². The molecule has 0 unspecified atom stereocenters. The first-order chi connectivity index (χ1) is 12.6. The molecule has 0 amide bonds. The van der Waals surface area contributed by atoms with Crippen molar-refractivity contribution in [1.82, 2.24) is 0 Å². The van der Waals surface area contributed by atoms with E-state index in [1.54, 1.807) is 0 Å². The number of ether oxygens (including phenoxy) is 6. The zero-order chi connectivity index (χ0) is 20.6. The summed E-state index contributed by atoms with van der Waals surface area (Å²) in [6.45, 7) is 4.07. The highest BCUT2D eigenvalue weighted by atomic mass is 16.7. The van der Waals surface area contributed by atoms with Gasteiger partial charge in [0.05, 0.1) is 0 Å². The van der Waals surface area contributed by atoms with Gasteiger partial charge in [-0.3, -0.25) is 19.2 Å². The Morgan fingerprint density at radius 1 is 0.889 bits per heavy atom. The van der Waals surface area contributed by atoms with Gasteiger partial charge in [0, 0.05) is 27.7 Å². The highest BCUT2D eigenvalue weighted by molar-refractivity contribution is 5.68. The Morgan fingerprint density at radius 2 is 1.41 bits per heavy atom. The Hall–Kier alpha value is -2.89. The van der Waals surface area contributed by atoms with E-state index in [1.165, 1.54) is 0 Å². The summed E-state index contributed by atoms with van der Waals surface area (Å²) in [5.41, 5.74) is 0. The van der Waals surface area contributed by atoms with Crippen molar-refractivity contribution >= 4 is 30.3 Å². The Morgan fingerprint density at radius 3 is 1.89 bits per heavy atom. The second-order valence-corrected chi connectivity index (χ2v) is 5.42. The van der Waals surface area contributed by atoms with Crippen molar-refractivity contribution in [3.63, 3.8) is 0 Å². The number of carbonyl (C=O) groups excluding carboxylic acids is 4. The number of hydrogen-bond acceptors (Lipinski definition) is 12. The van der Waals surface area contributed by atoms with Gasteiger partial charge in [0.2, 0.25) is 18.8 Å². The van der Waals surface area contributed by atoms with Gasteiger partial charge in [-0.2, -0.15) is 0 Å². The van der Waals surface area contributed by atoms with Crippen LogP contribution in [0.25, 0.3) is 0 Å². The van der Waals surface area contributed by atoms with Crippen LogP contribution in [0.4, 0.5) is 0 Å². The van der Waals surface area contributed by atoms with E-state index in [1.807, 2.05) is 0 Å². The maximum atomic E-state index is 11.5. The summed E-state index contributed by atoms with van der Waals surface area (Å²) in [6, 6.07) is 0. The van der Waals surface area contributed by atoms with Crippen molar-refractivity contribution in [2.45, 2.75) is 58.4 Å². The zero-order valence-electron chi connectivity index (χ0n) is 15.1. The van der Waals surface area contributed by atoms with Gasteiger partial charge < -0.3 is 33.6 Å². The second-order valence-electron chi connectivity index (χ2n) is 5.42. The number of esters is 4. The van der Waals surface area contributed by atoms with Gasteiger partial charge in [-0.05, 0) is 0 Å². The summed E-state index contributed by atoms with van der Waals surface area (Å²) < 4.78 is 30.8. The molecular weight excluding hydrogens is 370 g/mol. The predicted molar refractivity (Wildman–Crippen MR) is 83.3 cm³/mol. The molecule has 0 aliphatic carbocycles. The molecule has 152 valence electrons. The number of rotatable bonds is 7. The van der Waals surface area contributed by atoms with Crippen LogP contribution >= 0.6 is 0 Å². The minimum Gasteiger partial charge on any atom is -0.463 e. The molecule has 1 heterocycles. The number of hydrogen-bond donors (Lipinski definition) is 1. The molecule has 12 nitrogen and oxygen atoms in total. The summed E-state index contributed by atoms with van der Waals surface area (Å²) in [6.07, 6.45) is -5.95. The molecular formula is C15H21NO11.